The largest absolute Gasteiger partial charge is 0.383 e. The molecule has 19 heavy (non-hydrogen) atoms. The molecule has 1 unspecified atom stereocenters. The number of nitrogens with zero attached hydrogens (tertiary/aromatic N) is 2. The number of guanidine groups is 1. The van der Waals surface area contributed by atoms with E-state index in [2.05, 4.69) is 34.0 Å². The molecule has 1 aliphatic heterocycles. The minimum Gasteiger partial charge on any atom is -0.383 e. The molecular formula is C14H28N4O. The van der Waals surface area contributed by atoms with Crippen LogP contribution < -0.4 is 10.6 Å². The van der Waals surface area contributed by atoms with Crippen LogP contribution in [0.3, 0.4) is 0 Å². The van der Waals surface area contributed by atoms with E-state index in [9.17, 15) is 0 Å². The van der Waals surface area contributed by atoms with Gasteiger partial charge in [0, 0.05) is 32.8 Å². The van der Waals surface area contributed by atoms with E-state index in [0.29, 0.717) is 6.04 Å². The number of rotatable bonds is 8. The third kappa shape index (κ3) is 6.07. The number of aliphatic imine (C=N–C) groups is 1. The molecule has 0 spiro atoms. The van der Waals surface area contributed by atoms with Crippen LogP contribution in [0.5, 0.6) is 0 Å². The number of hydrogen-bond donors (Lipinski definition) is 2. The Bertz CT molecular complexity index is 281. The lowest BCUT2D eigenvalue weighted by Crippen LogP contribution is -2.39. The molecule has 0 bridgehead atoms. The lowest BCUT2D eigenvalue weighted by atomic mass is 10.2. The van der Waals surface area contributed by atoms with E-state index in [1.165, 1.54) is 19.4 Å². The minimum atomic E-state index is 0.550. The van der Waals surface area contributed by atoms with Crippen LogP contribution in [0.15, 0.2) is 17.6 Å². The number of methoxy groups -OCH3 is 1. The molecule has 0 amide bonds. The average molecular weight is 268 g/mol. The van der Waals surface area contributed by atoms with Crippen molar-refractivity contribution in [3.8, 4) is 0 Å². The average Bonchev–Trinajstić information content (AvgIpc) is 2.87. The lowest BCUT2D eigenvalue weighted by Gasteiger charge is -2.23. The Kier molecular flexibility index (Phi) is 8.25. The summed E-state index contributed by atoms with van der Waals surface area (Å²) in [4.78, 5) is 7.13. The van der Waals surface area contributed by atoms with Crippen molar-refractivity contribution in [2.75, 3.05) is 46.4 Å². The Morgan fingerprint density at radius 2 is 2.37 bits per heavy atom. The van der Waals surface area contributed by atoms with Crippen LogP contribution in [0.4, 0.5) is 0 Å². The summed E-state index contributed by atoms with van der Waals surface area (Å²) in [5.41, 5.74) is 0. The fourth-order valence-corrected chi connectivity index (χ4v) is 2.31. The molecule has 0 radical (unpaired) electrons. The van der Waals surface area contributed by atoms with Crippen molar-refractivity contribution in [1.82, 2.24) is 15.5 Å². The second-order valence-electron chi connectivity index (χ2n) is 4.71. The highest BCUT2D eigenvalue weighted by atomic mass is 16.5. The van der Waals surface area contributed by atoms with E-state index in [0.717, 1.165) is 38.7 Å². The Hall–Kier alpha value is -1.07. The van der Waals surface area contributed by atoms with E-state index in [-0.39, 0.29) is 0 Å². The molecule has 2 N–H and O–H groups in total. The van der Waals surface area contributed by atoms with Gasteiger partial charge < -0.3 is 15.4 Å². The number of nitrogens with one attached hydrogen (secondary N) is 2. The van der Waals surface area contributed by atoms with Gasteiger partial charge in [0.2, 0.25) is 0 Å². The van der Waals surface area contributed by atoms with Crippen molar-refractivity contribution in [1.29, 1.82) is 0 Å². The molecule has 0 aromatic heterocycles. The second-order valence-corrected chi connectivity index (χ2v) is 4.71. The van der Waals surface area contributed by atoms with Crippen LogP contribution in [0, 0.1) is 0 Å². The molecular weight excluding hydrogens is 240 g/mol. The Morgan fingerprint density at radius 1 is 1.53 bits per heavy atom. The molecule has 5 heteroatoms. The zero-order valence-corrected chi connectivity index (χ0v) is 12.3. The highest BCUT2D eigenvalue weighted by Crippen LogP contribution is 2.16. The number of hydrogen-bond acceptors (Lipinski definition) is 3. The highest BCUT2D eigenvalue weighted by Gasteiger charge is 2.23. The molecule has 1 heterocycles. The topological polar surface area (TPSA) is 48.9 Å². The molecule has 5 nitrogen and oxygen atoms in total. The molecule has 1 fully saturated rings. The Morgan fingerprint density at radius 3 is 3.05 bits per heavy atom. The Labute approximate surface area is 117 Å². The molecule has 0 aromatic carbocycles. The summed E-state index contributed by atoms with van der Waals surface area (Å²) in [6, 6.07) is 0.550. The SMILES string of the molecule is C=CCNC(=NCC1CCCN1CCOC)NCC. The molecule has 1 aliphatic rings. The highest BCUT2D eigenvalue weighted by molar-refractivity contribution is 5.79. The maximum absolute atomic E-state index is 5.16. The van der Waals surface area contributed by atoms with Crippen molar-refractivity contribution in [3.63, 3.8) is 0 Å². The summed E-state index contributed by atoms with van der Waals surface area (Å²) in [5, 5.41) is 6.48. The molecule has 0 aliphatic carbocycles. The first-order valence-electron chi connectivity index (χ1n) is 7.17. The first-order valence-corrected chi connectivity index (χ1v) is 7.17. The normalized spacial score (nSPS) is 20.5. The van der Waals surface area contributed by atoms with Crippen LogP contribution in [-0.4, -0.2) is 63.3 Å². The van der Waals surface area contributed by atoms with E-state index < -0.39 is 0 Å². The predicted octanol–water partition coefficient (Wildman–Crippen LogP) is 0.838. The van der Waals surface area contributed by atoms with Gasteiger partial charge in [0.25, 0.3) is 0 Å². The maximum Gasteiger partial charge on any atom is 0.191 e. The summed E-state index contributed by atoms with van der Waals surface area (Å²) in [5.74, 6) is 0.876. The van der Waals surface area contributed by atoms with Gasteiger partial charge in [-0.05, 0) is 26.3 Å². The van der Waals surface area contributed by atoms with Crippen molar-refractivity contribution >= 4 is 5.96 Å². The zero-order valence-electron chi connectivity index (χ0n) is 12.3. The standard InChI is InChI=1S/C14H28N4O/c1-4-8-16-14(15-5-2)17-12-13-7-6-9-18(13)10-11-19-3/h4,13H,1,5-12H2,2-3H3,(H2,15,16,17). The molecule has 1 saturated heterocycles. The summed E-state index contributed by atoms with van der Waals surface area (Å²) < 4.78 is 5.16. The lowest BCUT2D eigenvalue weighted by molar-refractivity contribution is 0.143. The third-order valence-corrected chi connectivity index (χ3v) is 3.30. The monoisotopic (exact) mass is 268 g/mol. The summed E-state index contributed by atoms with van der Waals surface area (Å²) in [7, 11) is 1.76. The van der Waals surface area contributed by atoms with E-state index in [1.54, 1.807) is 7.11 Å². The van der Waals surface area contributed by atoms with Crippen LogP contribution in [0.25, 0.3) is 0 Å². The first-order chi connectivity index (χ1) is 9.31. The van der Waals surface area contributed by atoms with Gasteiger partial charge in [-0.2, -0.15) is 0 Å². The second kappa shape index (κ2) is 9.81. The van der Waals surface area contributed by atoms with E-state index in [4.69, 9.17) is 4.74 Å². The summed E-state index contributed by atoms with van der Waals surface area (Å²) in [6.07, 6.45) is 4.34. The van der Waals surface area contributed by atoms with Crippen LogP contribution in [0.2, 0.25) is 0 Å². The Balaban J connectivity index is 2.43. The van der Waals surface area contributed by atoms with Gasteiger partial charge in [-0.25, -0.2) is 0 Å². The quantitative estimate of drug-likeness (QED) is 0.389. The fraction of sp³-hybridized carbons (Fsp3) is 0.786. The van der Waals surface area contributed by atoms with Gasteiger partial charge in [-0.1, -0.05) is 6.08 Å². The number of ether oxygens (including phenoxy) is 1. The summed E-state index contributed by atoms with van der Waals surface area (Å²) >= 11 is 0. The van der Waals surface area contributed by atoms with E-state index >= 15 is 0 Å². The first kappa shape index (κ1) is 16.0. The van der Waals surface area contributed by atoms with Crippen LogP contribution in [0.1, 0.15) is 19.8 Å². The van der Waals surface area contributed by atoms with Gasteiger partial charge in [0.1, 0.15) is 0 Å². The maximum atomic E-state index is 5.16. The molecule has 1 rings (SSSR count). The van der Waals surface area contributed by atoms with Crippen molar-refractivity contribution in [2.45, 2.75) is 25.8 Å². The van der Waals surface area contributed by atoms with Crippen LogP contribution in [-0.2, 0) is 4.74 Å². The third-order valence-electron chi connectivity index (χ3n) is 3.30. The van der Waals surface area contributed by atoms with Crippen molar-refractivity contribution < 1.29 is 4.74 Å². The molecule has 1 atom stereocenters. The zero-order chi connectivity index (χ0) is 13.9. The van der Waals surface area contributed by atoms with Gasteiger partial charge >= 0.3 is 0 Å². The molecule has 0 aromatic rings. The van der Waals surface area contributed by atoms with Gasteiger partial charge in [0.05, 0.1) is 13.2 Å². The smallest absolute Gasteiger partial charge is 0.191 e. The van der Waals surface area contributed by atoms with Crippen LogP contribution >= 0.6 is 0 Å². The van der Waals surface area contributed by atoms with Crippen molar-refractivity contribution in [2.24, 2.45) is 4.99 Å². The predicted molar refractivity (Wildman–Crippen MR) is 80.6 cm³/mol. The fourth-order valence-electron chi connectivity index (χ4n) is 2.31. The van der Waals surface area contributed by atoms with Gasteiger partial charge in [0.15, 0.2) is 5.96 Å². The molecule has 0 saturated carbocycles. The van der Waals surface area contributed by atoms with Crippen molar-refractivity contribution in [3.05, 3.63) is 12.7 Å². The summed E-state index contributed by atoms with van der Waals surface area (Å²) in [6.45, 7) is 11.2. The minimum absolute atomic E-state index is 0.550. The van der Waals surface area contributed by atoms with Gasteiger partial charge in [-0.15, -0.1) is 6.58 Å². The molecule has 110 valence electrons. The number of likely N-dealkylation sites (tertiary alicyclic amines) is 1. The van der Waals surface area contributed by atoms with E-state index in [1.807, 2.05) is 6.08 Å². The van der Waals surface area contributed by atoms with Gasteiger partial charge in [-0.3, -0.25) is 9.89 Å².